The number of furan rings is 1. The Bertz CT molecular complexity index is 2700. The molecule has 6 aromatic carbocycles. The first-order chi connectivity index (χ1) is 25.6. The van der Waals surface area contributed by atoms with Gasteiger partial charge in [0.05, 0.1) is 29.6 Å². The van der Waals surface area contributed by atoms with Crippen LogP contribution in [0.25, 0.3) is 78.1 Å². The summed E-state index contributed by atoms with van der Waals surface area (Å²) in [5.41, 5.74) is 15.1. The average Bonchev–Trinajstić information content (AvgIpc) is 3.57. The Balaban J connectivity index is 1.20. The number of carbonyl (C=O) groups excluding carboxylic acids is 1. The molecule has 0 bridgehead atoms. The largest absolute Gasteiger partial charge is 0.456 e. The van der Waals surface area contributed by atoms with Crippen molar-refractivity contribution in [2.45, 2.75) is 0 Å². The van der Waals surface area contributed by atoms with E-state index >= 15 is 0 Å². The van der Waals surface area contributed by atoms with Gasteiger partial charge < -0.3 is 15.1 Å². The van der Waals surface area contributed by atoms with E-state index in [1.54, 1.807) is 13.1 Å². The quantitative estimate of drug-likeness (QED) is 0.140. The maximum atomic E-state index is 11.2. The number of rotatable bonds is 7. The van der Waals surface area contributed by atoms with Crippen molar-refractivity contribution in [2.75, 3.05) is 17.7 Å². The monoisotopic (exact) mass is 627 g/mol. The normalized spacial score (nSPS) is 12.6. The van der Waals surface area contributed by atoms with E-state index in [4.69, 9.17) is 27.0 Å². The molecule has 2 aromatic heterocycles. The third-order valence-corrected chi connectivity index (χ3v) is 8.42. The zero-order valence-electron chi connectivity index (χ0n) is 30.8. The highest BCUT2D eigenvalue weighted by Gasteiger charge is 2.13. The lowest BCUT2D eigenvalue weighted by Crippen LogP contribution is -2.15. The molecule has 48 heavy (non-hydrogen) atoms. The Morgan fingerprint density at radius 1 is 0.625 bits per heavy atom. The first-order valence-corrected chi connectivity index (χ1v) is 15.3. The zero-order chi connectivity index (χ0) is 37.0. The second-order valence-corrected chi connectivity index (χ2v) is 11.4. The summed E-state index contributed by atoms with van der Waals surface area (Å²) >= 11 is 0. The van der Waals surface area contributed by atoms with Crippen LogP contribution in [0.4, 0.5) is 11.4 Å². The average molecular weight is 628 g/mol. The number of aromatic nitrogens is 2. The van der Waals surface area contributed by atoms with Crippen LogP contribution in [0.5, 0.6) is 0 Å². The molecule has 230 valence electrons. The number of amides is 1. The Morgan fingerprint density at radius 2 is 1.19 bits per heavy atom. The number of carbonyl (C=O) groups is 1. The number of fused-ring (bicyclic) bond motifs is 3. The fourth-order valence-electron chi connectivity index (χ4n) is 5.90. The molecule has 8 aromatic rings. The van der Waals surface area contributed by atoms with E-state index in [0.29, 0.717) is 29.2 Å². The number of anilines is 2. The van der Waals surface area contributed by atoms with Crippen LogP contribution in [0, 0.1) is 0 Å². The number of nitrogens with zero attached hydrogens (tertiary/aromatic N) is 3. The molecule has 0 fully saturated rings. The number of benzene rings is 6. The molecule has 2 heterocycles. The number of nitrogen functional groups attached to an aromatic ring is 1. The number of hydrogen-bond donors (Lipinski definition) is 1. The summed E-state index contributed by atoms with van der Waals surface area (Å²) in [7, 11) is 1.64. The molecule has 0 saturated heterocycles. The Morgan fingerprint density at radius 3 is 1.83 bits per heavy atom. The zero-order valence-corrected chi connectivity index (χ0v) is 25.8. The molecule has 8 rings (SSSR count). The van der Waals surface area contributed by atoms with Gasteiger partial charge in [0.25, 0.3) is 0 Å². The number of hydrogen-bond acceptors (Lipinski definition) is 5. The maximum absolute atomic E-state index is 11.2. The van der Waals surface area contributed by atoms with Crippen LogP contribution in [0.2, 0.25) is 0 Å². The summed E-state index contributed by atoms with van der Waals surface area (Å²) in [6.07, 6.45) is 0.700. The lowest BCUT2D eigenvalue weighted by Gasteiger charge is -2.15. The van der Waals surface area contributed by atoms with Crippen molar-refractivity contribution in [1.29, 1.82) is 0 Å². The van der Waals surface area contributed by atoms with Gasteiger partial charge in [-0.15, -0.1) is 0 Å². The first-order valence-electron chi connectivity index (χ1n) is 17.8. The van der Waals surface area contributed by atoms with Gasteiger partial charge in [0.15, 0.2) is 5.82 Å². The third-order valence-electron chi connectivity index (χ3n) is 8.42. The van der Waals surface area contributed by atoms with Gasteiger partial charge in [0.1, 0.15) is 11.2 Å². The van der Waals surface area contributed by atoms with Gasteiger partial charge in [-0.1, -0.05) is 109 Å². The van der Waals surface area contributed by atoms with Gasteiger partial charge in [0.2, 0.25) is 6.41 Å². The van der Waals surface area contributed by atoms with Crippen LogP contribution in [-0.2, 0) is 4.79 Å². The van der Waals surface area contributed by atoms with Crippen LogP contribution < -0.4 is 10.6 Å². The van der Waals surface area contributed by atoms with E-state index in [1.807, 2.05) is 97.1 Å². The molecule has 2 N–H and O–H groups in total. The van der Waals surface area contributed by atoms with E-state index in [0.717, 1.165) is 55.3 Å². The summed E-state index contributed by atoms with van der Waals surface area (Å²) in [6, 6.07) is 34.7. The highest BCUT2D eigenvalue weighted by atomic mass is 16.3. The van der Waals surface area contributed by atoms with Crippen molar-refractivity contribution in [3.8, 4) is 56.2 Å². The SMILES string of the molecule is [2H]c1c([2H])c([2H])c(-c2nc(-c3ccc(-c4ccc(N(C)C=O)c(N)c4)cc3)cc(-c3ccc(-c4ccc5c(c4)oc4ccccc45)cc3)n2)c([2H])c1[2H]. The van der Waals surface area contributed by atoms with Crippen molar-refractivity contribution >= 4 is 39.7 Å². The molecule has 0 aliphatic rings. The van der Waals surface area contributed by atoms with E-state index in [9.17, 15) is 4.79 Å². The van der Waals surface area contributed by atoms with Gasteiger partial charge in [-0.3, -0.25) is 4.79 Å². The van der Waals surface area contributed by atoms with Crippen molar-refractivity contribution in [2.24, 2.45) is 0 Å². The van der Waals surface area contributed by atoms with Gasteiger partial charge in [0, 0.05) is 34.5 Å². The summed E-state index contributed by atoms with van der Waals surface area (Å²) in [5, 5.41) is 2.11. The van der Waals surface area contributed by atoms with Crippen LogP contribution in [0.15, 0.2) is 150 Å². The third kappa shape index (κ3) is 5.35. The van der Waals surface area contributed by atoms with Crippen LogP contribution in [0.3, 0.4) is 0 Å². The lowest BCUT2D eigenvalue weighted by atomic mass is 9.99. The number of nitrogens with two attached hydrogens (primary N) is 1. The van der Waals surface area contributed by atoms with Gasteiger partial charge in [-0.25, -0.2) is 9.97 Å². The standard InChI is InChI=1S/C42H30N4O2/c1-46(26-47)39-22-20-32(23-36(39)43)27-11-15-29(16-12-27)37-25-38(45-42(44-37)31-7-3-2-4-8-31)30-17-13-28(14-18-30)33-19-21-35-34-9-5-6-10-40(34)48-41(35)24-33/h2-26H,43H2,1H3/i2D,3D,4D,7D,8D. The molecule has 0 aliphatic heterocycles. The summed E-state index contributed by atoms with van der Waals surface area (Å²) < 4.78 is 48.0. The molecule has 6 heteroatoms. The molecule has 0 unspecified atom stereocenters. The van der Waals surface area contributed by atoms with Crippen molar-refractivity contribution in [3.63, 3.8) is 0 Å². The van der Waals surface area contributed by atoms with Crippen molar-refractivity contribution in [1.82, 2.24) is 9.97 Å². The van der Waals surface area contributed by atoms with Gasteiger partial charge in [-0.2, -0.15) is 0 Å². The predicted octanol–water partition coefficient (Wildman–Crippen LogP) is 9.89. The Kier molecular flexibility index (Phi) is 5.94. The van der Waals surface area contributed by atoms with Gasteiger partial charge >= 0.3 is 0 Å². The summed E-state index contributed by atoms with van der Waals surface area (Å²) in [4.78, 5) is 22.2. The second kappa shape index (κ2) is 12.0. The second-order valence-electron chi connectivity index (χ2n) is 11.4. The van der Waals surface area contributed by atoms with E-state index in [1.165, 1.54) is 4.90 Å². The molecular formula is C42H30N4O2. The van der Waals surface area contributed by atoms with E-state index in [2.05, 4.69) is 12.1 Å². The summed E-state index contributed by atoms with van der Waals surface area (Å²) in [5.74, 6) is 0.0145. The first kappa shape index (κ1) is 23.8. The molecule has 0 radical (unpaired) electrons. The Hall–Kier alpha value is -6.53. The van der Waals surface area contributed by atoms with Gasteiger partial charge in [-0.05, 0) is 58.7 Å². The maximum Gasteiger partial charge on any atom is 0.213 e. The lowest BCUT2D eigenvalue weighted by molar-refractivity contribution is -0.107. The molecule has 0 aliphatic carbocycles. The molecule has 6 nitrogen and oxygen atoms in total. The molecule has 0 atom stereocenters. The van der Waals surface area contributed by atoms with Crippen LogP contribution in [-0.4, -0.2) is 23.4 Å². The number of para-hydroxylation sites is 1. The Labute approximate surface area is 284 Å². The summed E-state index contributed by atoms with van der Waals surface area (Å²) in [6.45, 7) is 0. The van der Waals surface area contributed by atoms with Crippen molar-refractivity contribution in [3.05, 3.63) is 145 Å². The molecule has 0 saturated carbocycles. The topological polar surface area (TPSA) is 85.2 Å². The highest BCUT2D eigenvalue weighted by Crippen LogP contribution is 2.35. The predicted molar refractivity (Wildman–Crippen MR) is 195 cm³/mol. The van der Waals surface area contributed by atoms with Crippen LogP contribution >= 0.6 is 0 Å². The van der Waals surface area contributed by atoms with Crippen molar-refractivity contribution < 1.29 is 16.1 Å². The van der Waals surface area contributed by atoms with E-state index < -0.39 is 18.1 Å². The molecular weight excluding hydrogens is 592 g/mol. The van der Waals surface area contributed by atoms with Crippen LogP contribution in [0.1, 0.15) is 6.85 Å². The van der Waals surface area contributed by atoms with E-state index in [-0.39, 0.29) is 23.5 Å². The molecule has 0 spiro atoms. The smallest absolute Gasteiger partial charge is 0.213 e. The highest BCUT2D eigenvalue weighted by molar-refractivity contribution is 6.05. The minimum Gasteiger partial charge on any atom is -0.456 e. The fraction of sp³-hybridized carbons (Fsp3) is 0.0238. The minimum atomic E-state index is -0.487. The molecule has 1 amide bonds. The fourth-order valence-corrected chi connectivity index (χ4v) is 5.90. The minimum absolute atomic E-state index is 0.0145.